The SMILES string of the molecule is CC(=O)/C(=C\c1cccc([N+](=O)[O-])c1)C(=O)OCCN(C)Cc1ccccc1. The first-order chi connectivity index (χ1) is 13.4. The number of ketones is 1. The second-order valence-corrected chi connectivity index (χ2v) is 6.33. The van der Waals surface area contributed by atoms with Gasteiger partial charge in [0.05, 0.1) is 4.92 Å². The molecule has 0 aromatic heterocycles. The van der Waals surface area contributed by atoms with Crippen LogP contribution in [0, 0.1) is 10.1 Å². The molecule has 0 amide bonds. The highest BCUT2D eigenvalue weighted by Crippen LogP contribution is 2.16. The maximum Gasteiger partial charge on any atom is 0.341 e. The number of non-ortho nitro benzene ring substituents is 1. The van der Waals surface area contributed by atoms with Gasteiger partial charge < -0.3 is 4.74 Å². The third-order valence-electron chi connectivity index (χ3n) is 3.99. The molecule has 2 aromatic carbocycles. The van der Waals surface area contributed by atoms with Crippen molar-refractivity contribution >= 4 is 23.5 Å². The first-order valence-corrected chi connectivity index (χ1v) is 8.73. The first-order valence-electron chi connectivity index (χ1n) is 8.73. The number of ether oxygens (including phenoxy) is 1. The number of nitro groups is 1. The largest absolute Gasteiger partial charge is 0.461 e. The monoisotopic (exact) mass is 382 g/mol. The minimum atomic E-state index is -0.743. The number of Topliss-reactive ketones (excluding diaryl/α,β-unsaturated/α-hetero) is 1. The minimum Gasteiger partial charge on any atom is -0.461 e. The second kappa shape index (κ2) is 10.1. The summed E-state index contributed by atoms with van der Waals surface area (Å²) in [5.41, 5.74) is 1.27. The molecule has 0 bridgehead atoms. The smallest absolute Gasteiger partial charge is 0.341 e. The van der Waals surface area contributed by atoms with Crippen molar-refractivity contribution in [2.75, 3.05) is 20.2 Å². The summed E-state index contributed by atoms with van der Waals surface area (Å²) in [7, 11) is 1.91. The van der Waals surface area contributed by atoms with Crippen molar-refractivity contribution in [1.29, 1.82) is 0 Å². The van der Waals surface area contributed by atoms with Crippen LogP contribution in [0.3, 0.4) is 0 Å². The Morgan fingerprint density at radius 3 is 2.50 bits per heavy atom. The lowest BCUT2D eigenvalue weighted by molar-refractivity contribution is -0.384. The van der Waals surface area contributed by atoms with Gasteiger partial charge in [-0.2, -0.15) is 0 Å². The number of carbonyl (C=O) groups is 2. The van der Waals surface area contributed by atoms with E-state index in [-0.39, 0.29) is 17.9 Å². The van der Waals surface area contributed by atoms with Gasteiger partial charge >= 0.3 is 5.97 Å². The molecular formula is C21H22N2O5. The summed E-state index contributed by atoms with van der Waals surface area (Å²) >= 11 is 0. The van der Waals surface area contributed by atoms with E-state index in [4.69, 9.17) is 4.74 Å². The highest BCUT2D eigenvalue weighted by atomic mass is 16.6. The maximum atomic E-state index is 12.3. The Labute approximate surface area is 163 Å². The fraction of sp³-hybridized carbons (Fsp3) is 0.238. The van der Waals surface area contributed by atoms with Crippen LogP contribution in [-0.2, 0) is 20.9 Å². The van der Waals surface area contributed by atoms with Gasteiger partial charge in [-0.25, -0.2) is 4.79 Å². The van der Waals surface area contributed by atoms with E-state index in [2.05, 4.69) is 0 Å². The van der Waals surface area contributed by atoms with Gasteiger partial charge in [0, 0.05) is 25.2 Å². The van der Waals surface area contributed by atoms with Crippen LogP contribution in [0.2, 0.25) is 0 Å². The van der Waals surface area contributed by atoms with E-state index in [0.717, 1.165) is 5.56 Å². The van der Waals surface area contributed by atoms with Crippen LogP contribution in [0.25, 0.3) is 6.08 Å². The van der Waals surface area contributed by atoms with Crippen LogP contribution < -0.4 is 0 Å². The molecule has 0 aliphatic heterocycles. The van der Waals surface area contributed by atoms with Crippen LogP contribution in [0.4, 0.5) is 5.69 Å². The number of benzene rings is 2. The Morgan fingerprint density at radius 2 is 1.86 bits per heavy atom. The van der Waals surface area contributed by atoms with Gasteiger partial charge in [0.15, 0.2) is 5.78 Å². The van der Waals surface area contributed by atoms with E-state index in [1.807, 2.05) is 42.3 Å². The van der Waals surface area contributed by atoms with Crippen molar-refractivity contribution in [1.82, 2.24) is 4.90 Å². The molecule has 2 aromatic rings. The lowest BCUT2D eigenvalue weighted by Crippen LogP contribution is -2.25. The van der Waals surface area contributed by atoms with E-state index < -0.39 is 16.7 Å². The van der Waals surface area contributed by atoms with E-state index in [1.54, 1.807) is 6.07 Å². The Bertz CT molecular complexity index is 877. The summed E-state index contributed by atoms with van der Waals surface area (Å²) in [6.07, 6.45) is 1.31. The zero-order chi connectivity index (χ0) is 20.5. The summed E-state index contributed by atoms with van der Waals surface area (Å²) in [6.45, 7) is 2.60. The molecule has 0 fully saturated rings. The van der Waals surface area contributed by atoms with Gasteiger partial charge in [0.25, 0.3) is 5.69 Å². The van der Waals surface area contributed by atoms with E-state index in [0.29, 0.717) is 18.7 Å². The van der Waals surface area contributed by atoms with Crippen LogP contribution in [0.5, 0.6) is 0 Å². The number of likely N-dealkylation sites (N-methyl/N-ethyl adjacent to an activating group) is 1. The fourth-order valence-electron chi connectivity index (χ4n) is 2.55. The minimum absolute atomic E-state index is 0.118. The third kappa shape index (κ3) is 6.44. The van der Waals surface area contributed by atoms with Gasteiger partial charge in [0.1, 0.15) is 12.2 Å². The Kier molecular flexibility index (Phi) is 7.59. The molecular weight excluding hydrogens is 360 g/mol. The zero-order valence-electron chi connectivity index (χ0n) is 15.8. The molecule has 7 nitrogen and oxygen atoms in total. The fourth-order valence-corrected chi connectivity index (χ4v) is 2.55. The van der Waals surface area contributed by atoms with Crippen molar-refractivity contribution in [2.45, 2.75) is 13.5 Å². The molecule has 0 N–H and O–H groups in total. The average Bonchev–Trinajstić information content (AvgIpc) is 2.66. The third-order valence-corrected chi connectivity index (χ3v) is 3.99. The summed E-state index contributed by atoms with van der Waals surface area (Å²) in [6, 6.07) is 15.6. The van der Waals surface area contributed by atoms with Gasteiger partial charge in [-0.15, -0.1) is 0 Å². The number of esters is 1. The standard InChI is InChI=1S/C21H22N2O5/c1-16(24)20(14-18-9-6-10-19(13-18)23(26)27)21(25)28-12-11-22(2)15-17-7-4-3-5-8-17/h3-10,13-14H,11-12,15H2,1-2H3/b20-14+. The zero-order valence-corrected chi connectivity index (χ0v) is 15.8. The van der Waals surface area contributed by atoms with Crippen molar-refractivity contribution in [3.63, 3.8) is 0 Å². The summed E-state index contributed by atoms with van der Waals surface area (Å²) in [4.78, 5) is 36.4. The highest BCUT2D eigenvalue weighted by Gasteiger charge is 2.17. The molecule has 0 aliphatic rings. The van der Waals surface area contributed by atoms with Gasteiger partial charge in [-0.1, -0.05) is 42.5 Å². The number of nitrogens with zero attached hydrogens (tertiary/aromatic N) is 2. The predicted molar refractivity (Wildman–Crippen MR) is 105 cm³/mol. The quantitative estimate of drug-likeness (QED) is 0.165. The molecule has 7 heteroatoms. The molecule has 0 heterocycles. The normalized spacial score (nSPS) is 11.3. The Morgan fingerprint density at radius 1 is 1.14 bits per heavy atom. The second-order valence-electron chi connectivity index (χ2n) is 6.33. The Balaban J connectivity index is 1.96. The maximum absolute atomic E-state index is 12.3. The summed E-state index contributed by atoms with van der Waals surface area (Å²) in [5.74, 6) is -1.21. The molecule has 0 atom stereocenters. The average molecular weight is 382 g/mol. The van der Waals surface area contributed by atoms with Crippen molar-refractivity contribution in [3.8, 4) is 0 Å². The van der Waals surface area contributed by atoms with Gasteiger partial charge in [-0.05, 0) is 31.2 Å². The first kappa shape index (κ1) is 21.0. The molecule has 0 saturated carbocycles. The van der Waals surface area contributed by atoms with Crippen LogP contribution in [-0.4, -0.2) is 41.8 Å². The molecule has 0 aliphatic carbocycles. The topological polar surface area (TPSA) is 89.8 Å². The van der Waals surface area contributed by atoms with Crippen LogP contribution in [0.15, 0.2) is 60.2 Å². The number of hydrogen-bond acceptors (Lipinski definition) is 6. The highest BCUT2D eigenvalue weighted by molar-refractivity contribution is 6.19. The number of nitro benzene ring substituents is 1. The summed E-state index contributed by atoms with van der Waals surface area (Å²) < 4.78 is 5.22. The molecule has 146 valence electrons. The summed E-state index contributed by atoms with van der Waals surface area (Å²) in [5, 5.41) is 10.9. The van der Waals surface area contributed by atoms with E-state index in [1.165, 1.54) is 31.2 Å². The number of carbonyl (C=O) groups excluding carboxylic acids is 2. The Hall–Kier alpha value is -3.32. The van der Waals surface area contributed by atoms with Crippen molar-refractivity contribution in [3.05, 3.63) is 81.4 Å². The molecule has 0 unspecified atom stereocenters. The van der Waals surface area contributed by atoms with Crippen LogP contribution in [0.1, 0.15) is 18.1 Å². The number of hydrogen-bond donors (Lipinski definition) is 0. The van der Waals surface area contributed by atoms with Crippen molar-refractivity contribution < 1.29 is 19.2 Å². The van der Waals surface area contributed by atoms with E-state index >= 15 is 0 Å². The lowest BCUT2D eigenvalue weighted by Gasteiger charge is -2.16. The predicted octanol–water partition coefficient (Wildman–Crippen LogP) is 3.24. The molecule has 0 spiro atoms. The molecule has 0 saturated heterocycles. The van der Waals surface area contributed by atoms with Crippen LogP contribution >= 0.6 is 0 Å². The number of rotatable bonds is 9. The van der Waals surface area contributed by atoms with Crippen molar-refractivity contribution in [2.24, 2.45) is 0 Å². The molecule has 0 radical (unpaired) electrons. The lowest BCUT2D eigenvalue weighted by atomic mass is 10.1. The van der Waals surface area contributed by atoms with E-state index in [9.17, 15) is 19.7 Å². The van der Waals surface area contributed by atoms with Gasteiger partial charge in [0.2, 0.25) is 0 Å². The molecule has 28 heavy (non-hydrogen) atoms. The molecule has 2 rings (SSSR count). The van der Waals surface area contributed by atoms with Gasteiger partial charge in [-0.3, -0.25) is 19.8 Å².